The molecule has 0 aromatic carbocycles. The molecule has 0 aliphatic rings. The highest BCUT2D eigenvalue weighted by molar-refractivity contribution is 4.85. The molecule has 10 heavy (non-hydrogen) atoms. The zero-order valence-electron chi connectivity index (χ0n) is 7.00. The fraction of sp³-hybridized carbons (Fsp3) is 0.556. The lowest BCUT2D eigenvalue weighted by molar-refractivity contribution is 0.123. The Hall–Kier alpha value is -0.560. The van der Waals surface area contributed by atoms with Crippen molar-refractivity contribution in [3.63, 3.8) is 0 Å². The van der Waals surface area contributed by atoms with Crippen LogP contribution in [0.25, 0.3) is 0 Å². The second-order valence-corrected chi connectivity index (χ2v) is 2.13. The van der Waals surface area contributed by atoms with Crippen molar-refractivity contribution in [2.75, 3.05) is 6.61 Å². The van der Waals surface area contributed by atoms with E-state index in [4.69, 9.17) is 4.74 Å². The molecule has 0 amide bonds. The van der Waals surface area contributed by atoms with Gasteiger partial charge in [0.2, 0.25) is 0 Å². The first-order valence-corrected chi connectivity index (χ1v) is 3.66. The van der Waals surface area contributed by atoms with Gasteiger partial charge in [-0.05, 0) is 20.8 Å². The number of hydrogen-bond donors (Lipinski definition) is 0. The molecule has 1 nitrogen and oxygen atoms in total. The van der Waals surface area contributed by atoms with Gasteiger partial charge in [0.15, 0.2) is 0 Å². The number of ether oxygens (including phenoxy) is 1. The minimum atomic E-state index is 0.237. The molecule has 0 rings (SSSR count). The average Bonchev–Trinajstić information content (AvgIpc) is 1.89. The summed E-state index contributed by atoms with van der Waals surface area (Å²) in [5.41, 5.74) is 0. The van der Waals surface area contributed by atoms with Crippen molar-refractivity contribution in [1.82, 2.24) is 0 Å². The van der Waals surface area contributed by atoms with Crippen molar-refractivity contribution in [3.05, 3.63) is 24.3 Å². The number of rotatable bonds is 4. The molecule has 0 bridgehead atoms. The lowest BCUT2D eigenvalue weighted by atomic mass is 10.3. The lowest BCUT2D eigenvalue weighted by Crippen LogP contribution is -2.03. The Bertz CT molecular complexity index is 114. The van der Waals surface area contributed by atoms with Crippen LogP contribution in [0.4, 0.5) is 0 Å². The Kier molecular flexibility index (Phi) is 6.19. The van der Waals surface area contributed by atoms with Gasteiger partial charge in [0.1, 0.15) is 0 Å². The second-order valence-electron chi connectivity index (χ2n) is 2.13. The minimum absolute atomic E-state index is 0.237. The predicted molar refractivity (Wildman–Crippen MR) is 45.0 cm³/mol. The zero-order valence-corrected chi connectivity index (χ0v) is 7.00. The monoisotopic (exact) mass is 140 g/mol. The third-order valence-electron chi connectivity index (χ3n) is 1.15. The molecular weight excluding hydrogens is 124 g/mol. The normalized spacial score (nSPS) is 15.1. The summed E-state index contributed by atoms with van der Waals surface area (Å²) >= 11 is 0. The Labute approximate surface area is 63.4 Å². The third-order valence-corrected chi connectivity index (χ3v) is 1.15. The molecule has 0 aromatic rings. The molecule has 0 aliphatic carbocycles. The Morgan fingerprint density at radius 1 is 1.30 bits per heavy atom. The molecule has 0 N–H and O–H groups in total. The van der Waals surface area contributed by atoms with E-state index in [1.807, 2.05) is 45.1 Å². The zero-order chi connectivity index (χ0) is 7.82. The van der Waals surface area contributed by atoms with Gasteiger partial charge in [0, 0.05) is 0 Å². The van der Waals surface area contributed by atoms with E-state index < -0.39 is 0 Å². The van der Waals surface area contributed by atoms with Gasteiger partial charge in [-0.2, -0.15) is 0 Å². The summed E-state index contributed by atoms with van der Waals surface area (Å²) in [7, 11) is 0. The predicted octanol–water partition coefficient (Wildman–Crippen LogP) is 2.54. The fourth-order valence-corrected chi connectivity index (χ4v) is 0.630. The van der Waals surface area contributed by atoms with Crippen LogP contribution in [-0.4, -0.2) is 12.7 Å². The van der Waals surface area contributed by atoms with Gasteiger partial charge in [-0.3, -0.25) is 0 Å². The van der Waals surface area contributed by atoms with Gasteiger partial charge >= 0.3 is 0 Å². The Balaban J connectivity index is 3.30. The van der Waals surface area contributed by atoms with Gasteiger partial charge in [0.25, 0.3) is 0 Å². The molecule has 0 fully saturated rings. The highest BCUT2D eigenvalue weighted by Crippen LogP contribution is 1.92. The van der Waals surface area contributed by atoms with Crippen LogP contribution in [0.3, 0.4) is 0 Å². The maximum atomic E-state index is 5.35. The smallest absolute Gasteiger partial charge is 0.0731 e. The SMILES string of the molecule is CC=CCOC(C)C=CC. The molecule has 1 unspecified atom stereocenters. The first-order valence-electron chi connectivity index (χ1n) is 3.66. The van der Waals surface area contributed by atoms with Crippen LogP contribution in [0.15, 0.2) is 24.3 Å². The summed E-state index contributed by atoms with van der Waals surface area (Å²) in [6, 6.07) is 0. The summed E-state index contributed by atoms with van der Waals surface area (Å²) < 4.78 is 5.35. The Morgan fingerprint density at radius 2 is 2.00 bits per heavy atom. The molecule has 0 saturated carbocycles. The van der Waals surface area contributed by atoms with Crippen molar-refractivity contribution >= 4 is 0 Å². The second kappa shape index (κ2) is 6.56. The molecule has 0 aliphatic heterocycles. The average molecular weight is 140 g/mol. The van der Waals surface area contributed by atoms with Crippen molar-refractivity contribution < 1.29 is 4.74 Å². The minimum Gasteiger partial charge on any atom is -0.370 e. The largest absolute Gasteiger partial charge is 0.370 e. The van der Waals surface area contributed by atoms with E-state index >= 15 is 0 Å². The van der Waals surface area contributed by atoms with E-state index in [2.05, 4.69) is 0 Å². The van der Waals surface area contributed by atoms with E-state index in [1.165, 1.54) is 0 Å². The van der Waals surface area contributed by atoms with E-state index in [9.17, 15) is 0 Å². The highest BCUT2D eigenvalue weighted by atomic mass is 16.5. The van der Waals surface area contributed by atoms with Crippen LogP contribution in [0, 0.1) is 0 Å². The van der Waals surface area contributed by atoms with Gasteiger partial charge in [-0.15, -0.1) is 0 Å². The van der Waals surface area contributed by atoms with Crippen LogP contribution < -0.4 is 0 Å². The summed E-state index contributed by atoms with van der Waals surface area (Å²) in [6.07, 6.45) is 8.26. The molecule has 0 saturated heterocycles. The van der Waals surface area contributed by atoms with Crippen LogP contribution in [0.1, 0.15) is 20.8 Å². The first kappa shape index (κ1) is 9.44. The highest BCUT2D eigenvalue weighted by Gasteiger charge is 1.90. The summed E-state index contributed by atoms with van der Waals surface area (Å²) in [5.74, 6) is 0. The van der Waals surface area contributed by atoms with Crippen molar-refractivity contribution in [1.29, 1.82) is 0 Å². The molecule has 58 valence electrons. The van der Waals surface area contributed by atoms with Gasteiger partial charge in [-0.1, -0.05) is 24.3 Å². The van der Waals surface area contributed by atoms with Gasteiger partial charge in [-0.25, -0.2) is 0 Å². The topological polar surface area (TPSA) is 9.23 Å². The molecule has 0 radical (unpaired) electrons. The first-order chi connectivity index (χ1) is 4.81. The lowest BCUT2D eigenvalue weighted by Gasteiger charge is -2.04. The summed E-state index contributed by atoms with van der Waals surface area (Å²) in [4.78, 5) is 0. The Morgan fingerprint density at radius 3 is 2.50 bits per heavy atom. The van der Waals surface area contributed by atoms with Crippen molar-refractivity contribution in [2.24, 2.45) is 0 Å². The fourth-order valence-electron chi connectivity index (χ4n) is 0.630. The van der Waals surface area contributed by atoms with E-state index in [0.29, 0.717) is 6.61 Å². The standard InChI is InChI=1S/C9H16O/c1-4-6-8-10-9(3)7-5-2/h4-7,9H,8H2,1-3H3. The van der Waals surface area contributed by atoms with Crippen LogP contribution in [0.2, 0.25) is 0 Å². The van der Waals surface area contributed by atoms with Gasteiger partial charge < -0.3 is 4.74 Å². The van der Waals surface area contributed by atoms with Crippen LogP contribution in [0.5, 0.6) is 0 Å². The number of allylic oxidation sites excluding steroid dienone is 2. The molecule has 0 heterocycles. The number of hydrogen-bond acceptors (Lipinski definition) is 1. The van der Waals surface area contributed by atoms with E-state index in [0.717, 1.165) is 0 Å². The maximum Gasteiger partial charge on any atom is 0.0731 e. The molecule has 1 atom stereocenters. The molecule has 1 heteroatoms. The van der Waals surface area contributed by atoms with Crippen molar-refractivity contribution in [2.45, 2.75) is 26.9 Å². The van der Waals surface area contributed by atoms with E-state index in [1.54, 1.807) is 0 Å². The van der Waals surface area contributed by atoms with Crippen molar-refractivity contribution in [3.8, 4) is 0 Å². The molecule has 0 aromatic heterocycles. The quantitative estimate of drug-likeness (QED) is 0.545. The summed E-state index contributed by atoms with van der Waals surface area (Å²) in [6.45, 7) is 6.73. The molecular formula is C9H16O. The van der Waals surface area contributed by atoms with Crippen LogP contribution in [-0.2, 0) is 4.74 Å². The van der Waals surface area contributed by atoms with Crippen LogP contribution >= 0.6 is 0 Å². The van der Waals surface area contributed by atoms with E-state index in [-0.39, 0.29) is 6.10 Å². The summed E-state index contributed by atoms with van der Waals surface area (Å²) in [5, 5.41) is 0. The maximum absolute atomic E-state index is 5.35. The molecule has 0 spiro atoms. The third kappa shape index (κ3) is 5.57. The van der Waals surface area contributed by atoms with Gasteiger partial charge in [0.05, 0.1) is 12.7 Å².